The molecule has 4 nitrogen and oxygen atoms in total. The third kappa shape index (κ3) is 4.02. The molecule has 0 aliphatic heterocycles. The van der Waals surface area contributed by atoms with E-state index in [0.29, 0.717) is 5.75 Å². The van der Waals surface area contributed by atoms with E-state index in [1.165, 1.54) is 40.9 Å². The Balaban J connectivity index is 1.60. The normalized spacial score (nSPS) is 10.6. The number of hydrogen-bond acceptors (Lipinski definition) is 6. The Morgan fingerprint density at radius 2 is 2.00 bits per heavy atom. The van der Waals surface area contributed by atoms with Crippen molar-refractivity contribution in [2.75, 3.05) is 5.32 Å². The fraction of sp³-hybridized carbons (Fsp3) is 0.133. The number of halogens is 1. The molecule has 0 bridgehead atoms. The third-order valence-electron chi connectivity index (χ3n) is 2.83. The largest absolute Gasteiger partial charge is 0.330 e. The number of nitrogens with zero attached hydrogens (tertiary/aromatic N) is 3. The van der Waals surface area contributed by atoms with Crippen LogP contribution in [-0.4, -0.2) is 15.2 Å². The summed E-state index contributed by atoms with van der Waals surface area (Å²) in [4.78, 5) is 3.83. The Labute approximate surface area is 135 Å². The first-order valence-corrected chi connectivity index (χ1v) is 8.39. The standard InChI is InChI=1S/C15H13FN4S2/c1-10-2-4-13(5-3-10)18-14-19-20-15(22-14)21-9-11-6-12(16)8-17-7-11/h2-8H,9H2,1H3,(H,18,19). The molecule has 0 atom stereocenters. The summed E-state index contributed by atoms with van der Waals surface area (Å²) in [7, 11) is 0. The van der Waals surface area contributed by atoms with Gasteiger partial charge in [0.05, 0.1) is 6.20 Å². The highest BCUT2D eigenvalue weighted by Gasteiger charge is 2.06. The van der Waals surface area contributed by atoms with Crippen LogP contribution < -0.4 is 5.32 Å². The summed E-state index contributed by atoms with van der Waals surface area (Å²) in [5.74, 6) is 0.293. The zero-order chi connectivity index (χ0) is 15.4. The second-order valence-corrected chi connectivity index (χ2v) is 6.86. The van der Waals surface area contributed by atoms with Crippen molar-refractivity contribution in [1.29, 1.82) is 0 Å². The van der Waals surface area contributed by atoms with E-state index in [4.69, 9.17) is 0 Å². The first kappa shape index (κ1) is 14.9. The van der Waals surface area contributed by atoms with Gasteiger partial charge in [0, 0.05) is 17.6 Å². The number of rotatable bonds is 5. The van der Waals surface area contributed by atoms with Gasteiger partial charge >= 0.3 is 0 Å². The molecule has 0 fully saturated rings. The molecule has 1 aromatic carbocycles. The van der Waals surface area contributed by atoms with Gasteiger partial charge in [-0.1, -0.05) is 40.8 Å². The van der Waals surface area contributed by atoms with Gasteiger partial charge < -0.3 is 5.32 Å². The summed E-state index contributed by atoms with van der Waals surface area (Å²) < 4.78 is 13.9. The van der Waals surface area contributed by atoms with Gasteiger partial charge in [-0.3, -0.25) is 4.98 Å². The molecule has 22 heavy (non-hydrogen) atoms. The van der Waals surface area contributed by atoms with Crippen molar-refractivity contribution in [1.82, 2.24) is 15.2 Å². The minimum atomic E-state index is -0.322. The van der Waals surface area contributed by atoms with Crippen LogP contribution in [0.3, 0.4) is 0 Å². The lowest BCUT2D eigenvalue weighted by atomic mass is 10.2. The van der Waals surface area contributed by atoms with Crippen molar-refractivity contribution < 1.29 is 4.39 Å². The Bertz CT molecular complexity index is 758. The molecule has 3 aromatic rings. The fourth-order valence-electron chi connectivity index (χ4n) is 1.76. The van der Waals surface area contributed by atoms with Crippen LogP contribution in [0.4, 0.5) is 15.2 Å². The molecule has 7 heteroatoms. The van der Waals surface area contributed by atoms with E-state index in [0.717, 1.165) is 20.7 Å². The second kappa shape index (κ2) is 6.85. The summed E-state index contributed by atoms with van der Waals surface area (Å²) in [6.07, 6.45) is 2.85. The van der Waals surface area contributed by atoms with Crippen LogP contribution in [0.2, 0.25) is 0 Å². The monoisotopic (exact) mass is 332 g/mol. The zero-order valence-corrected chi connectivity index (χ0v) is 13.4. The third-order valence-corrected chi connectivity index (χ3v) is 4.88. The van der Waals surface area contributed by atoms with Crippen molar-refractivity contribution in [2.45, 2.75) is 17.0 Å². The number of aryl methyl sites for hydroxylation is 1. The van der Waals surface area contributed by atoms with Gasteiger partial charge in [0.15, 0.2) is 4.34 Å². The molecule has 0 saturated carbocycles. The van der Waals surface area contributed by atoms with E-state index in [-0.39, 0.29) is 5.82 Å². The predicted molar refractivity (Wildman–Crippen MR) is 88.1 cm³/mol. The van der Waals surface area contributed by atoms with Gasteiger partial charge in [-0.15, -0.1) is 10.2 Å². The van der Waals surface area contributed by atoms with Crippen LogP contribution in [0, 0.1) is 12.7 Å². The highest BCUT2D eigenvalue weighted by Crippen LogP contribution is 2.29. The fourth-order valence-corrected chi connectivity index (χ4v) is 3.45. The molecule has 0 unspecified atom stereocenters. The quantitative estimate of drug-likeness (QED) is 0.701. The summed E-state index contributed by atoms with van der Waals surface area (Å²) in [5, 5.41) is 12.2. The SMILES string of the molecule is Cc1ccc(Nc2nnc(SCc3cncc(F)c3)s2)cc1. The maximum atomic E-state index is 13.1. The van der Waals surface area contributed by atoms with E-state index in [9.17, 15) is 4.39 Å². The number of thioether (sulfide) groups is 1. The second-order valence-electron chi connectivity index (χ2n) is 4.66. The number of aromatic nitrogens is 3. The van der Waals surface area contributed by atoms with Crippen molar-refractivity contribution >= 4 is 33.9 Å². The van der Waals surface area contributed by atoms with E-state index in [2.05, 4.69) is 20.5 Å². The highest BCUT2D eigenvalue weighted by molar-refractivity contribution is 8.00. The number of hydrogen-bond donors (Lipinski definition) is 1. The van der Waals surface area contributed by atoms with Gasteiger partial charge in [0.25, 0.3) is 0 Å². The lowest BCUT2D eigenvalue weighted by Gasteiger charge is -2.01. The molecule has 2 heterocycles. The van der Waals surface area contributed by atoms with Crippen molar-refractivity contribution in [3.05, 3.63) is 59.7 Å². The molecule has 0 radical (unpaired) electrons. The molecule has 112 valence electrons. The maximum Gasteiger partial charge on any atom is 0.210 e. The van der Waals surface area contributed by atoms with Gasteiger partial charge in [-0.2, -0.15) is 0 Å². The lowest BCUT2D eigenvalue weighted by Crippen LogP contribution is -1.88. The maximum absolute atomic E-state index is 13.1. The zero-order valence-electron chi connectivity index (χ0n) is 11.8. The molecular formula is C15H13FN4S2. The number of anilines is 2. The van der Waals surface area contributed by atoms with E-state index in [1.807, 2.05) is 31.2 Å². The van der Waals surface area contributed by atoms with Crippen LogP contribution in [0.1, 0.15) is 11.1 Å². The Kier molecular flexibility index (Phi) is 4.65. The van der Waals surface area contributed by atoms with E-state index in [1.54, 1.807) is 6.20 Å². The highest BCUT2D eigenvalue weighted by atomic mass is 32.2. The average molecular weight is 332 g/mol. The first-order valence-electron chi connectivity index (χ1n) is 6.58. The van der Waals surface area contributed by atoms with E-state index < -0.39 is 0 Å². The van der Waals surface area contributed by atoms with Crippen molar-refractivity contribution in [3.63, 3.8) is 0 Å². The van der Waals surface area contributed by atoms with Gasteiger partial charge in [0.2, 0.25) is 5.13 Å². The van der Waals surface area contributed by atoms with Crippen LogP contribution in [0.15, 0.2) is 47.1 Å². The summed E-state index contributed by atoms with van der Waals surface area (Å²) in [6, 6.07) is 9.56. The number of benzene rings is 1. The van der Waals surface area contributed by atoms with Crippen LogP contribution in [0.25, 0.3) is 0 Å². The molecular weight excluding hydrogens is 319 g/mol. The average Bonchev–Trinajstić information content (AvgIpc) is 2.95. The van der Waals surface area contributed by atoms with Crippen LogP contribution >= 0.6 is 23.1 Å². The van der Waals surface area contributed by atoms with Crippen LogP contribution in [0.5, 0.6) is 0 Å². The molecule has 3 rings (SSSR count). The molecule has 0 saturated heterocycles. The molecule has 0 amide bonds. The summed E-state index contributed by atoms with van der Waals surface area (Å²) >= 11 is 2.99. The minimum absolute atomic E-state index is 0.322. The van der Waals surface area contributed by atoms with Crippen molar-refractivity contribution in [2.24, 2.45) is 0 Å². The topological polar surface area (TPSA) is 50.7 Å². The predicted octanol–water partition coefficient (Wildman–Crippen LogP) is 4.42. The minimum Gasteiger partial charge on any atom is -0.330 e. The number of nitrogens with one attached hydrogen (secondary N) is 1. The van der Waals surface area contributed by atoms with Gasteiger partial charge in [0.1, 0.15) is 5.82 Å². The summed E-state index contributed by atoms with van der Waals surface area (Å²) in [6.45, 7) is 2.05. The molecule has 0 spiro atoms. The Morgan fingerprint density at radius 1 is 1.18 bits per heavy atom. The molecule has 0 aliphatic carbocycles. The lowest BCUT2D eigenvalue weighted by molar-refractivity contribution is 0.619. The van der Waals surface area contributed by atoms with E-state index >= 15 is 0 Å². The molecule has 0 aliphatic rings. The van der Waals surface area contributed by atoms with Crippen LogP contribution in [-0.2, 0) is 5.75 Å². The molecule has 2 aromatic heterocycles. The Hall–Kier alpha value is -1.99. The van der Waals surface area contributed by atoms with Gasteiger partial charge in [-0.25, -0.2) is 4.39 Å². The van der Waals surface area contributed by atoms with Gasteiger partial charge in [-0.05, 0) is 30.7 Å². The number of pyridine rings is 1. The first-order chi connectivity index (χ1) is 10.7. The smallest absolute Gasteiger partial charge is 0.210 e. The Morgan fingerprint density at radius 3 is 2.77 bits per heavy atom. The molecule has 1 N–H and O–H groups in total. The van der Waals surface area contributed by atoms with Crippen molar-refractivity contribution in [3.8, 4) is 0 Å². The summed E-state index contributed by atoms with van der Waals surface area (Å²) in [5.41, 5.74) is 3.02.